The molecule has 2 amide bonds. The molecular weight excluding hydrogens is 275 g/mol. The van der Waals surface area contributed by atoms with E-state index in [0.717, 1.165) is 0 Å². The maximum Gasteiger partial charge on any atom is 0.319 e. The Morgan fingerprint density at radius 1 is 1.33 bits per heavy atom. The smallest absolute Gasteiger partial charge is 0.319 e. The lowest BCUT2D eigenvalue weighted by Crippen LogP contribution is -2.43. The molecule has 0 aliphatic carbocycles. The molecule has 3 N–H and O–H groups in total. The van der Waals surface area contributed by atoms with Gasteiger partial charge >= 0.3 is 6.03 Å². The van der Waals surface area contributed by atoms with Crippen LogP contribution in [0.15, 0.2) is 47.1 Å². The Balaban J connectivity index is 1.81. The minimum Gasteiger partial charge on any atom is -0.469 e. The monoisotopic (exact) mass is 292 g/mol. The highest BCUT2D eigenvalue weighted by Crippen LogP contribution is 2.13. The summed E-state index contributed by atoms with van der Waals surface area (Å²) in [6, 6.07) is 8.44. The lowest BCUT2D eigenvalue weighted by atomic mass is 10.0. The Morgan fingerprint density at radius 2 is 2.05 bits per heavy atom. The van der Waals surface area contributed by atoms with Crippen molar-refractivity contribution >= 4 is 11.7 Å². The second-order valence-corrected chi connectivity index (χ2v) is 5.07. The maximum absolute atomic E-state index is 12.7. The summed E-state index contributed by atoms with van der Waals surface area (Å²) in [5, 5.41) is 15.3. The molecular formula is C15H17FN2O3. The third-order valence-electron chi connectivity index (χ3n) is 2.87. The number of hydrogen-bond acceptors (Lipinski definition) is 3. The molecule has 6 heteroatoms. The van der Waals surface area contributed by atoms with Crippen LogP contribution in [0.2, 0.25) is 0 Å². The van der Waals surface area contributed by atoms with Crippen LogP contribution in [-0.4, -0.2) is 23.3 Å². The van der Waals surface area contributed by atoms with Gasteiger partial charge in [-0.15, -0.1) is 0 Å². The number of urea groups is 1. The van der Waals surface area contributed by atoms with E-state index in [1.807, 2.05) is 0 Å². The average Bonchev–Trinajstić information content (AvgIpc) is 2.91. The van der Waals surface area contributed by atoms with Crippen molar-refractivity contribution in [3.05, 3.63) is 54.2 Å². The SMILES string of the molecule is C[C@](O)(CNC(=O)Nc1ccc(F)cc1)Cc1ccco1. The summed E-state index contributed by atoms with van der Waals surface area (Å²) in [4.78, 5) is 11.7. The highest BCUT2D eigenvalue weighted by Gasteiger charge is 2.23. The molecule has 1 aromatic heterocycles. The maximum atomic E-state index is 12.7. The van der Waals surface area contributed by atoms with Crippen molar-refractivity contribution in [1.82, 2.24) is 5.32 Å². The van der Waals surface area contributed by atoms with Gasteiger partial charge < -0.3 is 20.2 Å². The Bertz CT molecular complexity index is 579. The molecule has 0 radical (unpaired) electrons. The van der Waals surface area contributed by atoms with Gasteiger partial charge in [-0.05, 0) is 43.3 Å². The van der Waals surface area contributed by atoms with E-state index in [1.54, 1.807) is 19.1 Å². The third-order valence-corrected chi connectivity index (χ3v) is 2.87. The molecule has 0 saturated carbocycles. The molecule has 5 nitrogen and oxygen atoms in total. The highest BCUT2D eigenvalue weighted by molar-refractivity contribution is 5.89. The first kappa shape index (κ1) is 15.1. The van der Waals surface area contributed by atoms with Crippen LogP contribution in [0.3, 0.4) is 0 Å². The number of aliphatic hydroxyl groups is 1. The second kappa shape index (κ2) is 6.41. The van der Waals surface area contributed by atoms with Crippen LogP contribution in [0.5, 0.6) is 0 Å². The molecule has 1 atom stereocenters. The molecule has 1 heterocycles. The predicted molar refractivity (Wildman–Crippen MR) is 76.5 cm³/mol. The minimum atomic E-state index is -1.13. The number of furan rings is 1. The van der Waals surface area contributed by atoms with E-state index < -0.39 is 11.6 Å². The molecule has 2 aromatic rings. The summed E-state index contributed by atoms with van der Waals surface area (Å²) >= 11 is 0. The van der Waals surface area contributed by atoms with Gasteiger partial charge in [-0.3, -0.25) is 0 Å². The molecule has 21 heavy (non-hydrogen) atoms. The molecule has 0 unspecified atom stereocenters. The van der Waals surface area contributed by atoms with Crippen molar-refractivity contribution in [3.63, 3.8) is 0 Å². The zero-order valence-corrected chi connectivity index (χ0v) is 11.6. The van der Waals surface area contributed by atoms with Gasteiger partial charge in [-0.2, -0.15) is 0 Å². The normalized spacial score (nSPS) is 13.5. The van der Waals surface area contributed by atoms with Crippen molar-refractivity contribution in [2.75, 3.05) is 11.9 Å². The van der Waals surface area contributed by atoms with Gasteiger partial charge in [-0.25, -0.2) is 9.18 Å². The summed E-state index contributed by atoms with van der Waals surface area (Å²) in [6.07, 6.45) is 1.82. The van der Waals surface area contributed by atoms with Gasteiger partial charge in [0.2, 0.25) is 0 Å². The molecule has 0 bridgehead atoms. The fourth-order valence-electron chi connectivity index (χ4n) is 1.83. The first-order chi connectivity index (χ1) is 9.94. The van der Waals surface area contributed by atoms with Crippen LogP contribution in [0.25, 0.3) is 0 Å². The quantitative estimate of drug-likeness (QED) is 0.792. The highest BCUT2D eigenvalue weighted by atomic mass is 19.1. The van der Waals surface area contributed by atoms with E-state index in [0.29, 0.717) is 11.4 Å². The van der Waals surface area contributed by atoms with E-state index in [4.69, 9.17) is 4.42 Å². The molecule has 1 aromatic carbocycles. The Hall–Kier alpha value is -2.34. The summed E-state index contributed by atoms with van der Waals surface area (Å²) in [5.74, 6) is 0.267. The van der Waals surface area contributed by atoms with Crippen LogP contribution in [0, 0.1) is 5.82 Å². The molecule has 0 saturated heterocycles. The van der Waals surface area contributed by atoms with E-state index >= 15 is 0 Å². The van der Waals surface area contributed by atoms with Gasteiger partial charge in [0, 0.05) is 18.7 Å². The number of rotatable bonds is 5. The van der Waals surface area contributed by atoms with Crippen molar-refractivity contribution < 1.29 is 18.7 Å². The molecule has 0 aliphatic heterocycles. The van der Waals surface area contributed by atoms with Crippen LogP contribution in [0.4, 0.5) is 14.9 Å². The van der Waals surface area contributed by atoms with Crippen molar-refractivity contribution in [1.29, 1.82) is 0 Å². The third kappa shape index (κ3) is 4.92. The number of carbonyl (C=O) groups is 1. The van der Waals surface area contributed by atoms with E-state index in [-0.39, 0.29) is 18.8 Å². The Morgan fingerprint density at radius 3 is 2.67 bits per heavy atom. The van der Waals surface area contributed by atoms with E-state index in [1.165, 1.54) is 30.5 Å². The number of anilines is 1. The summed E-state index contributed by atoms with van der Waals surface area (Å²) in [7, 11) is 0. The summed E-state index contributed by atoms with van der Waals surface area (Å²) < 4.78 is 17.9. The van der Waals surface area contributed by atoms with Crippen LogP contribution in [-0.2, 0) is 6.42 Å². The van der Waals surface area contributed by atoms with Crippen LogP contribution in [0.1, 0.15) is 12.7 Å². The molecule has 112 valence electrons. The van der Waals surface area contributed by atoms with Crippen LogP contribution >= 0.6 is 0 Å². The fraction of sp³-hybridized carbons (Fsp3) is 0.267. The lowest BCUT2D eigenvalue weighted by molar-refractivity contribution is 0.0577. The van der Waals surface area contributed by atoms with Crippen molar-refractivity contribution in [3.8, 4) is 0 Å². The van der Waals surface area contributed by atoms with E-state index in [9.17, 15) is 14.3 Å². The predicted octanol–water partition coefficient (Wildman–Crippen LogP) is 2.53. The first-order valence-electron chi connectivity index (χ1n) is 6.50. The molecule has 0 spiro atoms. The summed E-state index contributed by atoms with van der Waals surface area (Å²) in [5.41, 5.74) is -0.655. The first-order valence-corrected chi connectivity index (χ1v) is 6.50. The number of nitrogens with one attached hydrogen (secondary N) is 2. The molecule has 0 fully saturated rings. The number of carbonyl (C=O) groups excluding carboxylic acids is 1. The van der Waals surface area contributed by atoms with Gasteiger partial charge in [0.05, 0.1) is 11.9 Å². The largest absolute Gasteiger partial charge is 0.469 e. The fourth-order valence-corrected chi connectivity index (χ4v) is 1.83. The van der Waals surface area contributed by atoms with Crippen LogP contribution < -0.4 is 10.6 Å². The van der Waals surface area contributed by atoms with E-state index in [2.05, 4.69) is 10.6 Å². The zero-order chi connectivity index (χ0) is 15.3. The van der Waals surface area contributed by atoms with Gasteiger partial charge in [-0.1, -0.05) is 0 Å². The molecule has 2 rings (SSSR count). The number of halogens is 1. The van der Waals surface area contributed by atoms with Crippen molar-refractivity contribution in [2.45, 2.75) is 18.9 Å². The van der Waals surface area contributed by atoms with Crippen molar-refractivity contribution in [2.24, 2.45) is 0 Å². The Labute approximate surface area is 121 Å². The van der Waals surface area contributed by atoms with Gasteiger partial charge in [0.25, 0.3) is 0 Å². The summed E-state index contributed by atoms with van der Waals surface area (Å²) in [6.45, 7) is 1.66. The Kier molecular flexibility index (Phi) is 4.59. The number of hydrogen-bond donors (Lipinski definition) is 3. The number of benzene rings is 1. The number of amides is 2. The van der Waals surface area contributed by atoms with Gasteiger partial charge in [0.1, 0.15) is 11.6 Å². The average molecular weight is 292 g/mol. The van der Waals surface area contributed by atoms with Gasteiger partial charge in [0.15, 0.2) is 0 Å². The topological polar surface area (TPSA) is 74.5 Å². The minimum absolute atomic E-state index is 0.0563. The lowest BCUT2D eigenvalue weighted by Gasteiger charge is -2.22. The zero-order valence-electron chi connectivity index (χ0n) is 11.6. The second-order valence-electron chi connectivity index (χ2n) is 5.07. The standard InChI is InChI=1S/C15H17FN2O3/c1-15(20,9-13-3-2-8-21-13)10-17-14(19)18-12-6-4-11(16)5-7-12/h2-8,20H,9-10H2,1H3,(H2,17,18,19)/t15-/m1/s1. The molecule has 0 aliphatic rings.